The fourth-order valence-corrected chi connectivity index (χ4v) is 4.09. The minimum absolute atomic E-state index is 0.000333. The number of nitrogens with zero attached hydrogens (tertiary/aromatic N) is 1. The third-order valence-electron chi connectivity index (χ3n) is 5.84. The molecule has 0 saturated heterocycles. The zero-order valence-corrected chi connectivity index (χ0v) is 23.7. The lowest BCUT2D eigenvalue weighted by Gasteiger charge is -2.25. The molecule has 1 aromatic carbocycles. The van der Waals surface area contributed by atoms with Crippen LogP contribution in [0.1, 0.15) is 37.7 Å². The van der Waals surface area contributed by atoms with Gasteiger partial charge in [-0.3, -0.25) is 24.2 Å². The standard InChI is InChI=1S/C25H40N8O7S/c1-41-12-10-18(31-21(36)16(26)13-14-4-6-15(34)7-5-14)23(38)32-17(8-9-20(27)35)22(37)33-19(24(39)40)3-2-11-30-25(28)29/h4-7,16-19,34H,2-3,8-13,26H2,1H3,(H2,27,35)(H,31,36)(H,32,38)(H,33,37)(H,39,40)(H4,28,29,30). The van der Waals surface area contributed by atoms with Crippen molar-refractivity contribution >= 4 is 47.3 Å². The molecule has 0 aliphatic carbocycles. The fourth-order valence-electron chi connectivity index (χ4n) is 3.62. The summed E-state index contributed by atoms with van der Waals surface area (Å²) in [5, 5.41) is 26.4. The van der Waals surface area contributed by atoms with E-state index in [-0.39, 0.29) is 56.8 Å². The summed E-state index contributed by atoms with van der Waals surface area (Å²) in [6.07, 6.45) is 1.95. The largest absolute Gasteiger partial charge is 0.508 e. The molecule has 13 N–H and O–H groups in total. The van der Waals surface area contributed by atoms with Crippen molar-refractivity contribution in [2.75, 3.05) is 18.6 Å². The van der Waals surface area contributed by atoms with Crippen LogP contribution in [0.25, 0.3) is 0 Å². The smallest absolute Gasteiger partial charge is 0.326 e. The van der Waals surface area contributed by atoms with Gasteiger partial charge in [-0.2, -0.15) is 11.8 Å². The van der Waals surface area contributed by atoms with Crippen LogP contribution < -0.4 is 38.9 Å². The molecule has 4 amide bonds. The van der Waals surface area contributed by atoms with Gasteiger partial charge in [-0.05, 0) is 61.8 Å². The number of rotatable bonds is 19. The highest BCUT2D eigenvalue weighted by Gasteiger charge is 2.30. The first-order valence-corrected chi connectivity index (χ1v) is 14.2. The molecule has 0 heterocycles. The lowest BCUT2D eigenvalue weighted by molar-refractivity contribution is -0.142. The zero-order chi connectivity index (χ0) is 30.9. The molecule has 228 valence electrons. The Hall–Kier alpha value is -4.05. The topological polar surface area (TPSA) is 278 Å². The van der Waals surface area contributed by atoms with E-state index < -0.39 is 53.8 Å². The van der Waals surface area contributed by atoms with E-state index in [2.05, 4.69) is 20.9 Å². The predicted octanol–water partition coefficient (Wildman–Crippen LogP) is -2.13. The van der Waals surface area contributed by atoms with E-state index >= 15 is 0 Å². The summed E-state index contributed by atoms with van der Waals surface area (Å²) >= 11 is 1.43. The second-order valence-electron chi connectivity index (χ2n) is 9.23. The number of nitrogens with two attached hydrogens (primary N) is 4. The Morgan fingerprint density at radius 3 is 1.98 bits per heavy atom. The summed E-state index contributed by atoms with van der Waals surface area (Å²) in [4.78, 5) is 65.9. The number of aliphatic carboxylic acids is 1. The summed E-state index contributed by atoms with van der Waals surface area (Å²) in [7, 11) is 0. The van der Waals surface area contributed by atoms with E-state index in [9.17, 15) is 34.2 Å². The van der Waals surface area contributed by atoms with Gasteiger partial charge in [0.05, 0.1) is 6.04 Å². The van der Waals surface area contributed by atoms with Gasteiger partial charge in [0.1, 0.15) is 23.9 Å². The van der Waals surface area contributed by atoms with Crippen molar-refractivity contribution in [1.82, 2.24) is 16.0 Å². The number of aromatic hydroxyl groups is 1. The van der Waals surface area contributed by atoms with Gasteiger partial charge in [0, 0.05) is 13.0 Å². The summed E-state index contributed by atoms with van der Waals surface area (Å²) in [6.45, 7) is 0.148. The number of benzene rings is 1. The number of carboxylic acids is 1. The number of phenolic OH excluding ortho intramolecular Hbond substituents is 1. The molecule has 4 unspecified atom stereocenters. The monoisotopic (exact) mass is 596 g/mol. The molecule has 0 spiro atoms. The Kier molecular flexibility index (Phi) is 15.6. The van der Waals surface area contributed by atoms with Gasteiger partial charge in [-0.1, -0.05) is 12.1 Å². The molecule has 0 saturated carbocycles. The summed E-state index contributed by atoms with van der Waals surface area (Å²) in [6, 6.07) is 1.47. The van der Waals surface area contributed by atoms with Crippen molar-refractivity contribution in [3.63, 3.8) is 0 Å². The Morgan fingerprint density at radius 1 is 0.878 bits per heavy atom. The molecule has 0 bridgehead atoms. The molecular weight excluding hydrogens is 556 g/mol. The first kappa shape index (κ1) is 35.0. The third kappa shape index (κ3) is 14.2. The SMILES string of the molecule is CSCCC(NC(=O)C(N)Cc1ccc(O)cc1)C(=O)NC(CCC(N)=O)C(=O)NC(CCCN=C(N)N)C(=O)O. The zero-order valence-electron chi connectivity index (χ0n) is 22.9. The van der Waals surface area contributed by atoms with Gasteiger partial charge in [0.2, 0.25) is 23.6 Å². The Labute approximate surface area is 242 Å². The van der Waals surface area contributed by atoms with Crippen LogP contribution in [0.15, 0.2) is 29.3 Å². The Morgan fingerprint density at radius 2 is 1.44 bits per heavy atom. The molecule has 0 aliphatic heterocycles. The highest BCUT2D eigenvalue weighted by atomic mass is 32.2. The van der Waals surface area contributed by atoms with Crippen LogP contribution in [0.5, 0.6) is 5.75 Å². The lowest BCUT2D eigenvalue weighted by atomic mass is 10.0. The molecule has 41 heavy (non-hydrogen) atoms. The van der Waals surface area contributed by atoms with Gasteiger partial charge in [0.15, 0.2) is 5.96 Å². The summed E-state index contributed by atoms with van der Waals surface area (Å²) in [5.74, 6) is -3.80. The van der Waals surface area contributed by atoms with E-state index in [4.69, 9.17) is 22.9 Å². The highest BCUT2D eigenvalue weighted by Crippen LogP contribution is 2.11. The van der Waals surface area contributed by atoms with Gasteiger partial charge in [-0.15, -0.1) is 0 Å². The molecular formula is C25H40N8O7S. The number of hydrogen-bond donors (Lipinski definition) is 9. The van der Waals surface area contributed by atoms with Crippen LogP contribution in [0.3, 0.4) is 0 Å². The number of thioether (sulfide) groups is 1. The number of phenols is 1. The van der Waals surface area contributed by atoms with Crippen molar-refractivity contribution in [2.45, 2.75) is 62.7 Å². The van der Waals surface area contributed by atoms with Crippen LogP contribution in [-0.4, -0.2) is 88.5 Å². The Balaban J connectivity index is 2.96. The van der Waals surface area contributed by atoms with E-state index in [0.717, 1.165) is 0 Å². The molecule has 0 fully saturated rings. The number of carbonyl (C=O) groups excluding carboxylic acids is 4. The van der Waals surface area contributed by atoms with Crippen LogP contribution >= 0.6 is 11.8 Å². The number of guanidine groups is 1. The number of aliphatic imine (C=N–C) groups is 1. The van der Waals surface area contributed by atoms with Crippen molar-refractivity contribution in [2.24, 2.45) is 27.9 Å². The minimum Gasteiger partial charge on any atom is -0.508 e. The average molecular weight is 597 g/mol. The van der Waals surface area contributed by atoms with E-state index in [1.165, 1.54) is 23.9 Å². The molecule has 4 atom stereocenters. The van der Waals surface area contributed by atoms with E-state index in [1.807, 2.05) is 6.26 Å². The van der Waals surface area contributed by atoms with Crippen molar-refractivity contribution < 1.29 is 34.2 Å². The van der Waals surface area contributed by atoms with E-state index in [0.29, 0.717) is 11.3 Å². The Bertz CT molecular complexity index is 1070. The van der Waals surface area contributed by atoms with Gasteiger partial charge in [0.25, 0.3) is 0 Å². The first-order valence-electron chi connectivity index (χ1n) is 12.8. The first-order chi connectivity index (χ1) is 19.3. The summed E-state index contributed by atoms with van der Waals surface area (Å²) < 4.78 is 0. The highest BCUT2D eigenvalue weighted by molar-refractivity contribution is 7.98. The lowest BCUT2D eigenvalue weighted by Crippen LogP contribution is -2.57. The number of nitrogens with one attached hydrogen (secondary N) is 3. The molecule has 1 rings (SSSR count). The maximum absolute atomic E-state index is 13.2. The quantitative estimate of drug-likeness (QED) is 0.0472. The number of primary amides is 1. The maximum atomic E-state index is 13.2. The van der Waals surface area contributed by atoms with Crippen LogP contribution in [0.2, 0.25) is 0 Å². The predicted molar refractivity (Wildman–Crippen MR) is 155 cm³/mol. The third-order valence-corrected chi connectivity index (χ3v) is 6.49. The number of carboxylic acid groups (broad SMARTS) is 1. The molecule has 15 nitrogen and oxygen atoms in total. The number of hydrogen-bond acceptors (Lipinski definition) is 9. The molecule has 0 radical (unpaired) electrons. The van der Waals surface area contributed by atoms with Gasteiger partial charge in [-0.25, -0.2) is 4.79 Å². The molecule has 16 heteroatoms. The van der Waals surface area contributed by atoms with E-state index in [1.54, 1.807) is 12.1 Å². The minimum atomic E-state index is -1.31. The molecule has 0 aromatic heterocycles. The van der Waals surface area contributed by atoms with Crippen molar-refractivity contribution in [1.29, 1.82) is 0 Å². The second-order valence-corrected chi connectivity index (χ2v) is 10.2. The van der Waals surface area contributed by atoms with Gasteiger partial charge >= 0.3 is 5.97 Å². The molecule has 0 aliphatic rings. The normalized spacial score (nSPS) is 13.6. The van der Waals surface area contributed by atoms with Crippen LogP contribution in [-0.2, 0) is 30.4 Å². The van der Waals surface area contributed by atoms with Crippen molar-refractivity contribution in [3.05, 3.63) is 29.8 Å². The fraction of sp³-hybridized carbons (Fsp3) is 0.520. The van der Waals surface area contributed by atoms with Crippen LogP contribution in [0.4, 0.5) is 0 Å². The molecule has 1 aromatic rings. The van der Waals surface area contributed by atoms with Gasteiger partial charge < -0.3 is 49.1 Å². The maximum Gasteiger partial charge on any atom is 0.326 e. The average Bonchev–Trinajstić information content (AvgIpc) is 2.90. The number of amides is 4. The number of carbonyl (C=O) groups is 5. The second kappa shape index (κ2) is 18.3. The summed E-state index contributed by atoms with van der Waals surface area (Å²) in [5.41, 5.74) is 22.5. The van der Waals surface area contributed by atoms with Crippen LogP contribution in [0, 0.1) is 0 Å². The van der Waals surface area contributed by atoms with Crippen molar-refractivity contribution in [3.8, 4) is 5.75 Å².